The van der Waals surface area contributed by atoms with Crippen molar-refractivity contribution in [2.45, 2.75) is 19.9 Å². The van der Waals surface area contributed by atoms with Crippen molar-refractivity contribution in [1.82, 2.24) is 4.98 Å². The van der Waals surface area contributed by atoms with Crippen LogP contribution in [0.1, 0.15) is 27.7 Å². The zero-order valence-electron chi connectivity index (χ0n) is 17.3. The fourth-order valence-electron chi connectivity index (χ4n) is 3.55. The molecule has 164 valence electrons. The second-order valence-corrected chi connectivity index (χ2v) is 8.77. The first-order valence-electron chi connectivity index (χ1n) is 9.58. The Balaban J connectivity index is 1.97. The van der Waals surface area contributed by atoms with Crippen LogP contribution in [0.4, 0.5) is 9.52 Å². The molecule has 4 rings (SSSR count). The Morgan fingerprint density at radius 1 is 1.22 bits per heavy atom. The van der Waals surface area contributed by atoms with Crippen LogP contribution in [-0.2, 0) is 9.59 Å². The molecule has 1 fully saturated rings. The first-order chi connectivity index (χ1) is 15.2. The van der Waals surface area contributed by atoms with Crippen LogP contribution in [0.25, 0.3) is 5.76 Å². The number of nitrogens with zero attached hydrogens (tertiary/aromatic N) is 2. The molecule has 1 aromatic heterocycles. The molecule has 2 aromatic carbocycles. The smallest absolute Gasteiger partial charge is 0.301 e. The van der Waals surface area contributed by atoms with Gasteiger partial charge in [0.05, 0.1) is 23.4 Å². The van der Waals surface area contributed by atoms with Crippen molar-refractivity contribution in [2.24, 2.45) is 0 Å². The van der Waals surface area contributed by atoms with E-state index in [1.807, 2.05) is 6.92 Å². The van der Waals surface area contributed by atoms with Crippen LogP contribution in [-0.4, -0.2) is 28.9 Å². The maximum atomic E-state index is 14.9. The molecule has 0 aliphatic carbocycles. The second kappa shape index (κ2) is 8.37. The standard InChI is InChI=1S/C23H18ClFN2O4S/c1-11-12(2)32-23(26-11)27-19(14-6-4-5-7-16(14)25)18(21(29)22(27)30)20(28)13-8-9-17(31-3)15(24)10-13/h4-10,19,28H,1-3H3. The van der Waals surface area contributed by atoms with Crippen molar-refractivity contribution < 1.29 is 23.8 Å². The molecule has 0 spiro atoms. The highest BCUT2D eigenvalue weighted by Crippen LogP contribution is 2.44. The summed E-state index contributed by atoms with van der Waals surface area (Å²) in [5.41, 5.74) is 0.716. The third-order valence-corrected chi connectivity index (χ3v) is 6.66. The second-order valence-electron chi connectivity index (χ2n) is 7.18. The van der Waals surface area contributed by atoms with E-state index in [2.05, 4.69) is 4.98 Å². The number of benzene rings is 2. The van der Waals surface area contributed by atoms with Crippen molar-refractivity contribution in [3.05, 3.63) is 80.6 Å². The van der Waals surface area contributed by atoms with Gasteiger partial charge in [-0.2, -0.15) is 0 Å². The molecule has 1 N–H and O–H groups in total. The van der Waals surface area contributed by atoms with Crippen LogP contribution in [0, 0.1) is 19.7 Å². The van der Waals surface area contributed by atoms with E-state index in [0.717, 1.165) is 9.78 Å². The number of methoxy groups -OCH3 is 1. The number of aromatic nitrogens is 1. The summed E-state index contributed by atoms with van der Waals surface area (Å²) in [5.74, 6) is -2.54. The lowest BCUT2D eigenvalue weighted by Crippen LogP contribution is -2.29. The lowest BCUT2D eigenvalue weighted by molar-refractivity contribution is -0.132. The van der Waals surface area contributed by atoms with Crippen LogP contribution < -0.4 is 9.64 Å². The average molecular weight is 473 g/mol. The molecule has 0 bridgehead atoms. The minimum absolute atomic E-state index is 0.0679. The molecule has 1 unspecified atom stereocenters. The maximum absolute atomic E-state index is 14.9. The van der Waals surface area contributed by atoms with E-state index in [1.54, 1.807) is 13.0 Å². The molecule has 1 saturated heterocycles. The number of aryl methyl sites for hydroxylation is 2. The summed E-state index contributed by atoms with van der Waals surface area (Å²) in [6.45, 7) is 3.62. The quantitative estimate of drug-likeness (QED) is 0.321. The van der Waals surface area contributed by atoms with Gasteiger partial charge in [-0.05, 0) is 38.1 Å². The first-order valence-corrected chi connectivity index (χ1v) is 10.8. The lowest BCUT2D eigenvalue weighted by Gasteiger charge is -2.23. The zero-order valence-corrected chi connectivity index (χ0v) is 18.9. The van der Waals surface area contributed by atoms with E-state index >= 15 is 0 Å². The number of hydrogen-bond donors (Lipinski definition) is 1. The fourth-order valence-corrected chi connectivity index (χ4v) is 4.74. The van der Waals surface area contributed by atoms with Gasteiger partial charge in [0.15, 0.2) is 5.13 Å². The normalized spacial score (nSPS) is 17.8. The van der Waals surface area contributed by atoms with Crippen molar-refractivity contribution in [1.29, 1.82) is 0 Å². The topological polar surface area (TPSA) is 79.7 Å². The molecule has 0 saturated carbocycles. The third-order valence-electron chi connectivity index (χ3n) is 5.29. The minimum atomic E-state index is -1.19. The Morgan fingerprint density at radius 2 is 1.94 bits per heavy atom. The molecule has 3 aromatic rings. The number of hydrogen-bond acceptors (Lipinski definition) is 6. The van der Waals surface area contributed by atoms with Gasteiger partial charge in [0.1, 0.15) is 23.4 Å². The average Bonchev–Trinajstić information content (AvgIpc) is 3.23. The minimum Gasteiger partial charge on any atom is -0.507 e. The molecule has 0 radical (unpaired) electrons. The number of Topliss-reactive ketones (excluding diaryl/α,β-unsaturated/α-hetero) is 1. The largest absolute Gasteiger partial charge is 0.507 e. The number of thiazole rings is 1. The summed E-state index contributed by atoms with van der Waals surface area (Å²) >= 11 is 7.40. The molecule has 32 heavy (non-hydrogen) atoms. The number of halogens is 2. The van der Waals surface area contributed by atoms with Crippen LogP contribution in [0.3, 0.4) is 0 Å². The molecule has 1 atom stereocenters. The summed E-state index contributed by atoms with van der Waals surface area (Å²) < 4.78 is 20.0. The molecule has 1 aliphatic rings. The number of carbonyl (C=O) groups excluding carboxylic acids is 2. The Morgan fingerprint density at radius 3 is 2.53 bits per heavy atom. The van der Waals surface area contributed by atoms with Gasteiger partial charge in [0.2, 0.25) is 0 Å². The molecular formula is C23H18ClFN2O4S. The maximum Gasteiger partial charge on any atom is 0.301 e. The molecule has 1 amide bonds. The van der Waals surface area contributed by atoms with Gasteiger partial charge in [-0.3, -0.25) is 14.5 Å². The zero-order chi connectivity index (χ0) is 23.2. The number of ketones is 1. The van der Waals surface area contributed by atoms with Gasteiger partial charge in [-0.25, -0.2) is 9.37 Å². The van der Waals surface area contributed by atoms with E-state index in [9.17, 15) is 19.1 Å². The number of carbonyl (C=O) groups is 2. The van der Waals surface area contributed by atoms with Crippen LogP contribution >= 0.6 is 22.9 Å². The van der Waals surface area contributed by atoms with Gasteiger partial charge in [0.25, 0.3) is 5.78 Å². The number of rotatable bonds is 4. The summed E-state index contributed by atoms with van der Waals surface area (Å²) in [6, 6.07) is 9.06. The van der Waals surface area contributed by atoms with Gasteiger partial charge >= 0.3 is 5.91 Å². The molecule has 2 heterocycles. The lowest BCUT2D eigenvalue weighted by atomic mass is 9.95. The van der Waals surface area contributed by atoms with Crippen LogP contribution in [0.5, 0.6) is 5.75 Å². The van der Waals surface area contributed by atoms with Crippen LogP contribution in [0.2, 0.25) is 5.02 Å². The Hall–Kier alpha value is -3.23. The van der Waals surface area contributed by atoms with E-state index < -0.39 is 29.3 Å². The van der Waals surface area contributed by atoms with Crippen molar-refractivity contribution in [2.75, 3.05) is 12.0 Å². The van der Waals surface area contributed by atoms with E-state index in [4.69, 9.17) is 16.3 Å². The van der Waals surface area contributed by atoms with E-state index in [0.29, 0.717) is 11.4 Å². The van der Waals surface area contributed by atoms with E-state index in [1.165, 1.54) is 54.8 Å². The number of anilines is 1. The summed E-state index contributed by atoms with van der Waals surface area (Å²) in [7, 11) is 1.45. The highest BCUT2D eigenvalue weighted by atomic mass is 35.5. The van der Waals surface area contributed by atoms with E-state index in [-0.39, 0.29) is 26.9 Å². The summed E-state index contributed by atoms with van der Waals surface area (Å²) in [4.78, 5) is 32.5. The molecular weight excluding hydrogens is 455 g/mol. The SMILES string of the molecule is COc1ccc(C(O)=C2C(=O)C(=O)N(c3nc(C)c(C)s3)C2c2ccccc2F)cc1Cl. The molecule has 1 aliphatic heterocycles. The summed E-state index contributed by atoms with van der Waals surface area (Å²) in [6.07, 6.45) is 0. The number of ether oxygens (including phenoxy) is 1. The molecule has 9 heteroatoms. The predicted octanol–water partition coefficient (Wildman–Crippen LogP) is 5.19. The van der Waals surface area contributed by atoms with Crippen molar-refractivity contribution >= 4 is 45.5 Å². The highest BCUT2D eigenvalue weighted by molar-refractivity contribution is 7.16. The van der Waals surface area contributed by atoms with Gasteiger partial charge in [0, 0.05) is 16.0 Å². The van der Waals surface area contributed by atoms with Gasteiger partial charge < -0.3 is 9.84 Å². The van der Waals surface area contributed by atoms with Crippen LogP contribution in [0.15, 0.2) is 48.0 Å². The highest BCUT2D eigenvalue weighted by Gasteiger charge is 2.49. The summed E-state index contributed by atoms with van der Waals surface area (Å²) in [5, 5.41) is 11.5. The number of aliphatic hydroxyl groups excluding tert-OH is 1. The Bertz CT molecular complexity index is 1270. The monoisotopic (exact) mass is 472 g/mol. The first kappa shape index (κ1) is 22.0. The molecule has 6 nitrogen and oxygen atoms in total. The third kappa shape index (κ3) is 3.55. The Kier molecular flexibility index (Phi) is 5.75. The van der Waals surface area contributed by atoms with Crippen molar-refractivity contribution in [3.8, 4) is 5.75 Å². The van der Waals surface area contributed by atoms with Gasteiger partial charge in [-0.1, -0.05) is 29.8 Å². The Labute approximate surface area is 192 Å². The number of aliphatic hydroxyl groups is 1. The van der Waals surface area contributed by atoms with Crippen molar-refractivity contribution in [3.63, 3.8) is 0 Å². The predicted molar refractivity (Wildman–Crippen MR) is 121 cm³/mol. The van der Waals surface area contributed by atoms with Gasteiger partial charge in [-0.15, -0.1) is 11.3 Å². The fraction of sp³-hybridized carbons (Fsp3) is 0.174. The number of amides is 1.